The molecule has 0 spiro atoms. The van der Waals surface area contributed by atoms with Gasteiger partial charge in [0.25, 0.3) is 0 Å². The van der Waals surface area contributed by atoms with Crippen molar-refractivity contribution in [2.75, 3.05) is 0 Å². The molecule has 0 aromatic heterocycles. The number of rotatable bonds is 23. The molecule has 0 aliphatic carbocycles. The summed E-state index contributed by atoms with van der Waals surface area (Å²) in [5, 5.41) is 17.5. The molecule has 13 heteroatoms. The Morgan fingerprint density at radius 1 is 0.675 bits per heavy atom. The largest absolute Gasteiger partial charge is 0.393 e. The molecule has 13 nitrogen and oxygen atoms in total. The van der Waals surface area contributed by atoms with E-state index < -0.39 is 66.1 Å². The highest BCUT2D eigenvalue weighted by Crippen LogP contribution is 2.12. The van der Waals surface area contributed by atoms with E-state index >= 15 is 0 Å². The molecule has 0 fully saturated rings. The molecule has 0 bridgehead atoms. The van der Waals surface area contributed by atoms with Crippen molar-refractivity contribution >= 4 is 35.4 Å². The first-order valence-electron chi connectivity index (χ1n) is 14.2. The summed E-state index contributed by atoms with van der Waals surface area (Å²) in [6.07, 6.45) is 5.87. The molecule has 0 unspecified atom stereocenters. The van der Waals surface area contributed by atoms with Crippen LogP contribution in [-0.4, -0.2) is 64.8 Å². The number of carbonyl (C=O) groups is 6. The molecular formula is C27H50N6O7. The fourth-order valence-corrected chi connectivity index (χ4v) is 4.13. The summed E-state index contributed by atoms with van der Waals surface area (Å²) in [5.74, 6) is -4.71. The van der Waals surface area contributed by atoms with Gasteiger partial charge >= 0.3 is 0 Å². The van der Waals surface area contributed by atoms with Crippen molar-refractivity contribution in [3.8, 4) is 0 Å². The molecule has 0 radical (unpaired) electrons. The molecule has 0 heterocycles. The Hall–Kier alpha value is -3.22. The number of carbonyl (C=O) groups excluding carboxylic acids is 6. The van der Waals surface area contributed by atoms with Gasteiger partial charge in [-0.1, -0.05) is 65.7 Å². The van der Waals surface area contributed by atoms with Gasteiger partial charge in [0, 0.05) is 6.42 Å². The lowest BCUT2D eigenvalue weighted by molar-refractivity contribution is -0.135. The number of nitrogens with two attached hydrogens (primary N) is 3. The van der Waals surface area contributed by atoms with Crippen molar-refractivity contribution in [3.05, 3.63) is 0 Å². The molecule has 0 saturated heterocycles. The Kier molecular flexibility index (Phi) is 19.0. The third kappa shape index (κ3) is 18.1. The highest BCUT2D eigenvalue weighted by Gasteiger charge is 2.30. The highest BCUT2D eigenvalue weighted by atomic mass is 16.3. The van der Waals surface area contributed by atoms with Crippen molar-refractivity contribution in [1.82, 2.24) is 16.0 Å². The number of hydrogen-bond donors (Lipinski definition) is 7. The molecule has 10 N–H and O–H groups in total. The van der Waals surface area contributed by atoms with Crippen molar-refractivity contribution in [2.45, 2.75) is 128 Å². The predicted octanol–water partition coefficient (Wildman–Crippen LogP) is 0.00480. The van der Waals surface area contributed by atoms with Gasteiger partial charge in [0.1, 0.15) is 18.1 Å². The van der Waals surface area contributed by atoms with Gasteiger partial charge < -0.3 is 38.3 Å². The van der Waals surface area contributed by atoms with Crippen LogP contribution in [0.1, 0.15) is 104 Å². The summed E-state index contributed by atoms with van der Waals surface area (Å²) in [6, 6.07) is -3.76. The standard InChI is InChI=1S/C27H50N6O7/c1-4-5-6-7-8-9-10-11-18(34)15-24(37)31-21(16-23(29)36)27(40)32-19(12-13-22(28)35)26(39)33-20(25(30)38)14-17(2)3/h17-21,34H,4-16H2,1-3H3,(H2,28,35)(H2,29,36)(H2,30,38)(H,31,37)(H,32,40)(H,33,39)/t18-,19+,20-,21+/m1/s1. The minimum absolute atomic E-state index is 0.0211. The molecule has 4 atom stereocenters. The normalized spacial score (nSPS) is 14.0. The zero-order valence-corrected chi connectivity index (χ0v) is 24.2. The Labute approximate surface area is 237 Å². The first kappa shape index (κ1) is 36.8. The molecule has 0 aliphatic heterocycles. The molecule has 40 heavy (non-hydrogen) atoms. The Balaban J connectivity index is 5.21. The van der Waals surface area contributed by atoms with E-state index in [1.165, 1.54) is 12.8 Å². The van der Waals surface area contributed by atoms with Crippen LogP contribution in [0, 0.1) is 5.92 Å². The van der Waals surface area contributed by atoms with Crippen LogP contribution < -0.4 is 33.2 Å². The van der Waals surface area contributed by atoms with Gasteiger partial charge in [0.05, 0.1) is 18.9 Å². The average molecular weight is 571 g/mol. The third-order valence-electron chi connectivity index (χ3n) is 6.30. The predicted molar refractivity (Wildman–Crippen MR) is 150 cm³/mol. The molecule has 0 rings (SSSR count). The van der Waals surface area contributed by atoms with Crippen LogP contribution in [0.15, 0.2) is 0 Å². The quantitative estimate of drug-likeness (QED) is 0.0829. The number of amides is 6. The van der Waals surface area contributed by atoms with E-state index in [1.54, 1.807) is 0 Å². The Morgan fingerprint density at radius 2 is 1.23 bits per heavy atom. The number of unbranched alkanes of at least 4 members (excludes halogenated alkanes) is 6. The summed E-state index contributed by atoms with van der Waals surface area (Å²) in [7, 11) is 0. The van der Waals surface area contributed by atoms with Crippen molar-refractivity contribution < 1.29 is 33.9 Å². The van der Waals surface area contributed by atoms with Gasteiger partial charge in [-0.2, -0.15) is 0 Å². The van der Waals surface area contributed by atoms with Crippen LogP contribution in [0.3, 0.4) is 0 Å². The Bertz CT molecular complexity index is 836. The lowest BCUT2D eigenvalue weighted by atomic mass is 10.0. The van der Waals surface area contributed by atoms with Gasteiger partial charge in [-0.3, -0.25) is 28.8 Å². The third-order valence-corrected chi connectivity index (χ3v) is 6.30. The molecule has 6 amide bonds. The van der Waals surface area contributed by atoms with Gasteiger partial charge in [-0.05, 0) is 25.2 Å². The fourth-order valence-electron chi connectivity index (χ4n) is 4.13. The molecule has 0 aliphatic rings. The van der Waals surface area contributed by atoms with E-state index in [9.17, 15) is 33.9 Å². The van der Waals surface area contributed by atoms with Crippen LogP contribution >= 0.6 is 0 Å². The summed E-state index contributed by atoms with van der Waals surface area (Å²) in [4.78, 5) is 73.1. The molecule has 230 valence electrons. The van der Waals surface area contributed by atoms with E-state index in [0.29, 0.717) is 6.42 Å². The fraction of sp³-hybridized carbons (Fsp3) is 0.778. The summed E-state index contributed by atoms with van der Waals surface area (Å²) in [6.45, 7) is 5.81. The van der Waals surface area contributed by atoms with E-state index in [1.807, 2.05) is 13.8 Å². The first-order chi connectivity index (χ1) is 18.8. The van der Waals surface area contributed by atoms with Gasteiger partial charge in [0.15, 0.2) is 0 Å². The lowest BCUT2D eigenvalue weighted by Gasteiger charge is -2.25. The second-order valence-electron chi connectivity index (χ2n) is 10.7. The second kappa shape index (κ2) is 20.7. The van der Waals surface area contributed by atoms with E-state index in [0.717, 1.165) is 32.1 Å². The zero-order valence-electron chi connectivity index (χ0n) is 24.2. The number of primary amides is 3. The monoisotopic (exact) mass is 570 g/mol. The molecule has 0 aromatic rings. The van der Waals surface area contributed by atoms with E-state index in [2.05, 4.69) is 22.9 Å². The van der Waals surface area contributed by atoms with Crippen LogP contribution in [0.25, 0.3) is 0 Å². The van der Waals surface area contributed by atoms with Gasteiger partial charge in [-0.15, -0.1) is 0 Å². The summed E-state index contributed by atoms with van der Waals surface area (Å²) >= 11 is 0. The number of nitrogens with one attached hydrogen (secondary N) is 3. The molecule has 0 saturated carbocycles. The van der Waals surface area contributed by atoms with Gasteiger partial charge in [-0.25, -0.2) is 0 Å². The Morgan fingerprint density at radius 3 is 1.75 bits per heavy atom. The molecule has 0 aromatic carbocycles. The summed E-state index contributed by atoms with van der Waals surface area (Å²) in [5.41, 5.74) is 15.8. The second-order valence-corrected chi connectivity index (χ2v) is 10.7. The number of aliphatic hydroxyl groups excluding tert-OH is 1. The van der Waals surface area contributed by atoms with Crippen LogP contribution in [0.5, 0.6) is 0 Å². The maximum Gasteiger partial charge on any atom is 0.243 e. The summed E-state index contributed by atoms with van der Waals surface area (Å²) < 4.78 is 0. The first-order valence-corrected chi connectivity index (χ1v) is 14.2. The zero-order chi connectivity index (χ0) is 30.7. The SMILES string of the molecule is CCCCCCCCC[C@@H](O)CC(=O)N[C@@H](CC(N)=O)C(=O)N[C@@H](CCC(N)=O)C(=O)N[C@H](CC(C)C)C(N)=O. The van der Waals surface area contributed by atoms with Crippen LogP contribution in [-0.2, 0) is 28.8 Å². The number of aliphatic hydroxyl groups is 1. The van der Waals surface area contributed by atoms with E-state index in [-0.39, 0.29) is 31.6 Å². The molecular weight excluding hydrogens is 520 g/mol. The maximum absolute atomic E-state index is 13.0. The van der Waals surface area contributed by atoms with Crippen molar-refractivity contribution in [3.63, 3.8) is 0 Å². The van der Waals surface area contributed by atoms with Crippen molar-refractivity contribution in [1.29, 1.82) is 0 Å². The van der Waals surface area contributed by atoms with E-state index in [4.69, 9.17) is 17.2 Å². The maximum atomic E-state index is 13.0. The van der Waals surface area contributed by atoms with Gasteiger partial charge in [0.2, 0.25) is 35.4 Å². The van der Waals surface area contributed by atoms with Crippen molar-refractivity contribution in [2.24, 2.45) is 23.1 Å². The smallest absolute Gasteiger partial charge is 0.243 e. The average Bonchev–Trinajstić information content (AvgIpc) is 2.84. The minimum Gasteiger partial charge on any atom is -0.393 e. The lowest BCUT2D eigenvalue weighted by Crippen LogP contribution is -2.57. The number of hydrogen-bond acceptors (Lipinski definition) is 7. The van der Waals surface area contributed by atoms with Crippen LogP contribution in [0.2, 0.25) is 0 Å². The topological polar surface area (TPSA) is 237 Å². The highest BCUT2D eigenvalue weighted by molar-refractivity contribution is 5.96. The van der Waals surface area contributed by atoms with Crippen LogP contribution in [0.4, 0.5) is 0 Å². The minimum atomic E-state index is -1.43.